The van der Waals surface area contributed by atoms with Gasteiger partial charge in [-0.1, -0.05) is 49.4 Å². The maximum atomic E-state index is 12.7. The van der Waals surface area contributed by atoms with Crippen LogP contribution >= 0.6 is 0 Å². The first-order valence-electron chi connectivity index (χ1n) is 9.20. The summed E-state index contributed by atoms with van der Waals surface area (Å²) < 4.78 is 26.0. The van der Waals surface area contributed by atoms with Gasteiger partial charge >= 0.3 is 0 Å². The average molecular weight is 389 g/mol. The predicted molar refractivity (Wildman–Crippen MR) is 110 cm³/mol. The number of carbonyl (C=O) groups excluding carboxylic acids is 1. The van der Waals surface area contributed by atoms with Gasteiger partial charge in [0.25, 0.3) is 0 Å². The van der Waals surface area contributed by atoms with E-state index in [0.717, 1.165) is 24.7 Å². The van der Waals surface area contributed by atoms with E-state index in [1.165, 1.54) is 9.87 Å². The molecule has 0 saturated carbocycles. The zero-order chi connectivity index (χ0) is 19.9. The van der Waals surface area contributed by atoms with E-state index in [9.17, 15) is 13.2 Å². The van der Waals surface area contributed by atoms with Gasteiger partial charge < -0.3 is 5.32 Å². The van der Waals surface area contributed by atoms with Crippen LogP contribution in [-0.2, 0) is 21.2 Å². The highest BCUT2D eigenvalue weighted by Gasteiger charge is 2.31. The minimum absolute atomic E-state index is 0.266. The maximum Gasteiger partial charge on any atom is 0.243 e. The maximum absolute atomic E-state index is 12.7. The SMILES string of the molecule is CC[C@H](C(=O)NCCCc1ccccc1)N(c1cccc(C)c1)S(C)(=O)=O. The van der Waals surface area contributed by atoms with Crippen LogP contribution in [0.1, 0.15) is 30.9 Å². The summed E-state index contributed by atoms with van der Waals surface area (Å²) in [6.07, 6.45) is 3.20. The Kier molecular flexibility index (Phi) is 7.42. The fraction of sp³-hybridized carbons (Fsp3) is 0.381. The molecule has 0 aliphatic rings. The summed E-state index contributed by atoms with van der Waals surface area (Å²) >= 11 is 0. The Labute approximate surface area is 162 Å². The molecule has 1 amide bonds. The molecule has 1 N–H and O–H groups in total. The number of rotatable bonds is 9. The van der Waals surface area contributed by atoms with Crippen molar-refractivity contribution in [2.24, 2.45) is 0 Å². The van der Waals surface area contributed by atoms with E-state index in [0.29, 0.717) is 18.7 Å². The molecule has 0 saturated heterocycles. The third-order valence-electron chi connectivity index (χ3n) is 4.37. The second kappa shape index (κ2) is 9.55. The lowest BCUT2D eigenvalue weighted by molar-refractivity contribution is -0.122. The van der Waals surface area contributed by atoms with E-state index in [4.69, 9.17) is 0 Å². The van der Waals surface area contributed by atoms with Gasteiger partial charge in [0.2, 0.25) is 15.9 Å². The van der Waals surface area contributed by atoms with Gasteiger partial charge in [-0.05, 0) is 49.4 Å². The molecule has 0 unspecified atom stereocenters. The second-order valence-electron chi connectivity index (χ2n) is 6.70. The first kappa shape index (κ1) is 21.0. The molecule has 0 radical (unpaired) electrons. The lowest BCUT2D eigenvalue weighted by Crippen LogP contribution is -2.49. The van der Waals surface area contributed by atoms with Crippen molar-refractivity contribution < 1.29 is 13.2 Å². The number of nitrogens with one attached hydrogen (secondary N) is 1. The van der Waals surface area contributed by atoms with Crippen LogP contribution in [0.15, 0.2) is 54.6 Å². The van der Waals surface area contributed by atoms with Crippen LogP contribution in [0.5, 0.6) is 0 Å². The van der Waals surface area contributed by atoms with E-state index in [-0.39, 0.29) is 5.91 Å². The van der Waals surface area contributed by atoms with Gasteiger partial charge in [0.1, 0.15) is 6.04 Å². The average Bonchev–Trinajstić information content (AvgIpc) is 2.62. The smallest absolute Gasteiger partial charge is 0.243 e. The Hall–Kier alpha value is -2.34. The fourth-order valence-electron chi connectivity index (χ4n) is 3.09. The summed E-state index contributed by atoms with van der Waals surface area (Å²) in [7, 11) is -3.59. The Morgan fingerprint density at radius 1 is 1.11 bits per heavy atom. The quantitative estimate of drug-likeness (QED) is 0.671. The molecular weight excluding hydrogens is 360 g/mol. The van der Waals surface area contributed by atoms with Gasteiger partial charge in [-0.25, -0.2) is 8.42 Å². The molecule has 0 spiro atoms. The highest BCUT2D eigenvalue weighted by Crippen LogP contribution is 2.23. The number of benzene rings is 2. The number of aryl methyl sites for hydroxylation is 2. The lowest BCUT2D eigenvalue weighted by Gasteiger charge is -2.30. The van der Waals surface area contributed by atoms with Gasteiger partial charge in [0.15, 0.2) is 0 Å². The number of anilines is 1. The van der Waals surface area contributed by atoms with E-state index in [1.807, 2.05) is 38.1 Å². The van der Waals surface area contributed by atoms with Crippen molar-refractivity contribution >= 4 is 21.6 Å². The van der Waals surface area contributed by atoms with Crippen molar-refractivity contribution in [1.29, 1.82) is 0 Å². The van der Waals surface area contributed by atoms with E-state index in [2.05, 4.69) is 17.4 Å². The molecule has 0 fully saturated rings. The summed E-state index contributed by atoms with van der Waals surface area (Å²) in [5.41, 5.74) is 2.68. The highest BCUT2D eigenvalue weighted by atomic mass is 32.2. The number of nitrogens with zero attached hydrogens (tertiary/aromatic N) is 1. The highest BCUT2D eigenvalue weighted by molar-refractivity contribution is 7.92. The van der Waals surface area contributed by atoms with E-state index < -0.39 is 16.1 Å². The minimum Gasteiger partial charge on any atom is -0.354 e. The van der Waals surface area contributed by atoms with Crippen molar-refractivity contribution in [3.8, 4) is 0 Å². The van der Waals surface area contributed by atoms with Gasteiger partial charge in [0, 0.05) is 6.54 Å². The van der Waals surface area contributed by atoms with Crippen molar-refractivity contribution in [3.05, 3.63) is 65.7 Å². The number of carbonyl (C=O) groups is 1. The fourth-order valence-corrected chi connectivity index (χ4v) is 4.30. The number of hydrogen-bond donors (Lipinski definition) is 1. The van der Waals surface area contributed by atoms with Crippen LogP contribution in [-0.4, -0.2) is 33.2 Å². The van der Waals surface area contributed by atoms with Crippen LogP contribution in [0, 0.1) is 6.92 Å². The van der Waals surface area contributed by atoms with Crippen molar-refractivity contribution in [2.75, 3.05) is 17.1 Å². The van der Waals surface area contributed by atoms with Gasteiger partial charge in [-0.2, -0.15) is 0 Å². The first-order valence-corrected chi connectivity index (χ1v) is 11.1. The predicted octanol–water partition coefficient (Wildman–Crippen LogP) is 3.29. The van der Waals surface area contributed by atoms with Gasteiger partial charge in [0.05, 0.1) is 11.9 Å². The zero-order valence-corrected chi connectivity index (χ0v) is 17.0. The molecule has 5 nitrogen and oxygen atoms in total. The summed E-state index contributed by atoms with van der Waals surface area (Å²) in [5.74, 6) is -0.266. The summed E-state index contributed by atoms with van der Waals surface area (Å²) in [6.45, 7) is 4.23. The molecule has 2 rings (SSSR count). The molecule has 0 aliphatic carbocycles. The molecule has 146 valence electrons. The standard InChI is InChI=1S/C21H28N2O3S/c1-4-20(21(24)22-15-9-13-18-11-6-5-7-12-18)23(27(3,25)26)19-14-8-10-17(2)16-19/h5-8,10-12,14,16,20H,4,9,13,15H2,1-3H3,(H,22,24)/t20-/m1/s1. The molecular formula is C21H28N2O3S. The zero-order valence-electron chi connectivity index (χ0n) is 16.2. The van der Waals surface area contributed by atoms with Crippen LogP contribution in [0.25, 0.3) is 0 Å². The number of sulfonamides is 1. The lowest BCUT2D eigenvalue weighted by atomic mass is 10.1. The molecule has 1 atom stereocenters. The van der Waals surface area contributed by atoms with Crippen LogP contribution in [0.3, 0.4) is 0 Å². The Balaban J connectivity index is 2.06. The molecule has 2 aromatic carbocycles. The second-order valence-corrected chi connectivity index (χ2v) is 8.56. The number of hydrogen-bond acceptors (Lipinski definition) is 3. The van der Waals surface area contributed by atoms with Crippen LogP contribution in [0.2, 0.25) is 0 Å². The Bertz CT molecular complexity index is 851. The van der Waals surface area contributed by atoms with Crippen LogP contribution < -0.4 is 9.62 Å². The molecule has 0 heterocycles. The Morgan fingerprint density at radius 3 is 2.41 bits per heavy atom. The molecule has 0 aliphatic heterocycles. The third-order valence-corrected chi connectivity index (χ3v) is 5.55. The van der Waals surface area contributed by atoms with Crippen molar-refractivity contribution in [3.63, 3.8) is 0 Å². The molecule has 0 aromatic heterocycles. The van der Waals surface area contributed by atoms with E-state index >= 15 is 0 Å². The first-order chi connectivity index (χ1) is 12.8. The van der Waals surface area contributed by atoms with E-state index in [1.54, 1.807) is 18.2 Å². The Morgan fingerprint density at radius 2 is 1.81 bits per heavy atom. The van der Waals surface area contributed by atoms with Crippen molar-refractivity contribution in [1.82, 2.24) is 5.32 Å². The van der Waals surface area contributed by atoms with Gasteiger partial charge in [-0.15, -0.1) is 0 Å². The number of amides is 1. The van der Waals surface area contributed by atoms with Crippen molar-refractivity contribution in [2.45, 2.75) is 39.2 Å². The summed E-state index contributed by atoms with van der Waals surface area (Å²) in [4.78, 5) is 12.7. The molecule has 6 heteroatoms. The minimum atomic E-state index is -3.59. The topological polar surface area (TPSA) is 66.5 Å². The van der Waals surface area contributed by atoms with Gasteiger partial charge in [-0.3, -0.25) is 9.10 Å². The van der Waals surface area contributed by atoms with Crippen LogP contribution in [0.4, 0.5) is 5.69 Å². The normalized spacial score (nSPS) is 12.4. The monoisotopic (exact) mass is 388 g/mol. The largest absolute Gasteiger partial charge is 0.354 e. The third kappa shape index (κ3) is 6.10. The molecule has 2 aromatic rings. The molecule has 0 bridgehead atoms. The summed E-state index contributed by atoms with van der Waals surface area (Å²) in [5, 5.41) is 2.90. The summed E-state index contributed by atoms with van der Waals surface area (Å²) in [6, 6.07) is 16.5. The molecule has 27 heavy (non-hydrogen) atoms.